The second-order valence-electron chi connectivity index (χ2n) is 7.53. The highest BCUT2D eigenvalue weighted by Gasteiger charge is 2.35. The average molecular weight is 335 g/mol. The van der Waals surface area contributed by atoms with Crippen LogP contribution in [0.2, 0.25) is 5.02 Å². The molecule has 1 aromatic carbocycles. The molecule has 2 saturated carbocycles. The SMILES string of the molecule is CC=CCCC1CCC2CC(c3ccc(Cl)c(F)c3)CCC2C1. The maximum Gasteiger partial charge on any atom is 0.142 e. The second kappa shape index (κ2) is 7.83. The van der Waals surface area contributed by atoms with Gasteiger partial charge in [-0.25, -0.2) is 4.39 Å². The zero-order valence-electron chi connectivity index (χ0n) is 14.1. The first-order valence-electron chi connectivity index (χ1n) is 9.23. The van der Waals surface area contributed by atoms with E-state index in [0.717, 1.165) is 23.3 Å². The van der Waals surface area contributed by atoms with Crippen LogP contribution >= 0.6 is 11.6 Å². The van der Waals surface area contributed by atoms with E-state index in [9.17, 15) is 4.39 Å². The van der Waals surface area contributed by atoms with Crippen molar-refractivity contribution in [1.29, 1.82) is 0 Å². The Kier molecular flexibility index (Phi) is 5.80. The quantitative estimate of drug-likeness (QED) is 0.513. The van der Waals surface area contributed by atoms with E-state index in [0.29, 0.717) is 5.92 Å². The van der Waals surface area contributed by atoms with Crippen molar-refractivity contribution in [3.05, 3.63) is 46.8 Å². The number of allylic oxidation sites excluding steroid dienone is 2. The molecule has 4 unspecified atom stereocenters. The monoisotopic (exact) mass is 334 g/mol. The molecule has 0 amide bonds. The van der Waals surface area contributed by atoms with Gasteiger partial charge < -0.3 is 0 Å². The van der Waals surface area contributed by atoms with Crippen molar-refractivity contribution in [2.24, 2.45) is 17.8 Å². The van der Waals surface area contributed by atoms with Gasteiger partial charge >= 0.3 is 0 Å². The predicted octanol–water partition coefficient (Wildman–Crippen LogP) is 7.14. The summed E-state index contributed by atoms with van der Waals surface area (Å²) < 4.78 is 13.7. The molecule has 2 fully saturated rings. The zero-order chi connectivity index (χ0) is 16.2. The van der Waals surface area contributed by atoms with Crippen LogP contribution in [0.1, 0.15) is 69.8 Å². The lowest BCUT2D eigenvalue weighted by molar-refractivity contribution is 0.115. The van der Waals surface area contributed by atoms with Gasteiger partial charge in [-0.2, -0.15) is 0 Å². The molecule has 2 heteroatoms. The lowest BCUT2D eigenvalue weighted by Gasteiger charge is -2.42. The highest BCUT2D eigenvalue weighted by atomic mass is 35.5. The van der Waals surface area contributed by atoms with Crippen LogP contribution in [0, 0.1) is 23.6 Å². The van der Waals surface area contributed by atoms with Gasteiger partial charge in [-0.1, -0.05) is 36.2 Å². The fraction of sp³-hybridized carbons (Fsp3) is 0.619. The van der Waals surface area contributed by atoms with Gasteiger partial charge in [0.25, 0.3) is 0 Å². The van der Waals surface area contributed by atoms with E-state index in [1.165, 1.54) is 51.4 Å². The number of hydrogen-bond acceptors (Lipinski definition) is 0. The van der Waals surface area contributed by atoms with Gasteiger partial charge in [-0.15, -0.1) is 0 Å². The molecular weight excluding hydrogens is 307 g/mol. The lowest BCUT2D eigenvalue weighted by atomic mass is 9.63. The average Bonchev–Trinajstić information content (AvgIpc) is 2.57. The predicted molar refractivity (Wildman–Crippen MR) is 96.4 cm³/mol. The van der Waals surface area contributed by atoms with Crippen molar-refractivity contribution in [3.63, 3.8) is 0 Å². The molecule has 0 radical (unpaired) electrons. The summed E-state index contributed by atoms with van der Waals surface area (Å²) in [6.07, 6.45) is 15.0. The first kappa shape index (κ1) is 17.0. The highest BCUT2D eigenvalue weighted by molar-refractivity contribution is 6.30. The van der Waals surface area contributed by atoms with Gasteiger partial charge in [0.1, 0.15) is 5.82 Å². The zero-order valence-corrected chi connectivity index (χ0v) is 14.9. The standard InChI is InChI=1S/C21H28ClF/c1-2-3-4-5-15-6-7-17-13-18(9-8-16(17)12-15)19-10-11-20(22)21(23)14-19/h2-3,10-11,14-18H,4-9,12-13H2,1H3. The Hall–Kier alpha value is -0.820. The molecule has 0 saturated heterocycles. The van der Waals surface area contributed by atoms with Crippen LogP contribution in [0.4, 0.5) is 4.39 Å². The van der Waals surface area contributed by atoms with E-state index >= 15 is 0 Å². The van der Waals surface area contributed by atoms with E-state index in [1.807, 2.05) is 6.07 Å². The van der Waals surface area contributed by atoms with Crippen LogP contribution < -0.4 is 0 Å². The summed E-state index contributed by atoms with van der Waals surface area (Å²) in [6, 6.07) is 5.41. The molecule has 0 heterocycles. The van der Waals surface area contributed by atoms with Crippen molar-refractivity contribution in [2.75, 3.05) is 0 Å². The molecule has 1 aromatic rings. The first-order valence-corrected chi connectivity index (χ1v) is 9.61. The third kappa shape index (κ3) is 4.18. The lowest BCUT2D eigenvalue weighted by Crippen LogP contribution is -2.30. The van der Waals surface area contributed by atoms with Crippen LogP contribution in [0.3, 0.4) is 0 Å². The van der Waals surface area contributed by atoms with Gasteiger partial charge in [-0.05, 0) is 93.2 Å². The Morgan fingerprint density at radius 2 is 1.91 bits per heavy atom. The molecule has 0 bridgehead atoms. The Balaban J connectivity index is 1.57. The van der Waals surface area contributed by atoms with Gasteiger partial charge in [0.05, 0.1) is 5.02 Å². The van der Waals surface area contributed by atoms with E-state index < -0.39 is 0 Å². The Bertz CT molecular complexity index is 551. The molecule has 0 spiro atoms. The molecule has 2 aliphatic carbocycles. The summed E-state index contributed by atoms with van der Waals surface area (Å²) in [5.74, 6) is 2.96. The summed E-state index contributed by atoms with van der Waals surface area (Å²) >= 11 is 5.82. The Morgan fingerprint density at radius 1 is 1.13 bits per heavy atom. The maximum absolute atomic E-state index is 13.7. The number of fused-ring (bicyclic) bond motifs is 1. The number of hydrogen-bond donors (Lipinski definition) is 0. The first-order chi connectivity index (χ1) is 11.2. The van der Waals surface area contributed by atoms with E-state index in [-0.39, 0.29) is 10.8 Å². The molecule has 0 N–H and O–H groups in total. The minimum absolute atomic E-state index is 0.240. The van der Waals surface area contributed by atoms with Gasteiger partial charge in [0, 0.05) is 0 Å². The second-order valence-corrected chi connectivity index (χ2v) is 7.94. The summed E-state index contributed by atoms with van der Waals surface area (Å²) in [4.78, 5) is 0. The molecule has 0 aliphatic heterocycles. The Labute approximate surface area is 145 Å². The van der Waals surface area contributed by atoms with E-state index in [2.05, 4.69) is 19.1 Å². The summed E-state index contributed by atoms with van der Waals surface area (Å²) in [6.45, 7) is 2.11. The summed E-state index contributed by atoms with van der Waals surface area (Å²) in [7, 11) is 0. The molecule has 126 valence electrons. The van der Waals surface area contributed by atoms with Crippen molar-refractivity contribution < 1.29 is 4.39 Å². The van der Waals surface area contributed by atoms with Gasteiger partial charge in [0.2, 0.25) is 0 Å². The van der Waals surface area contributed by atoms with Crippen LogP contribution in [-0.4, -0.2) is 0 Å². The molecule has 0 aromatic heterocycles. The number of halogens is 2. The summed E-state index contributed by atoms with van der Waals surface area (Å²) in [5.41, 5.74) is 1.15. The van der Waals surface area contributed by atoms with Crippen molar-refractivity contribution in [3.8, 4) is 0 Å². The number of rotatable bonds is 4. The fourth-order valence-electron chi connectivity index (χ4n) is 4.82. The normalized spacial score (nSPS) is 31.3. The molecular formula is C21H28ClF. The highest BCUT2D eigenvalue weighted by Crippen LogP contribution is 2.48. The van der Waals surface area contributed by atoms with Crippen LogP contribution in [0.15, 0.2) is 30.4 Å². The van der Waals surface area contributed by atoms with Crippen LogP contribution in [0.5, 0.6) is 0 Å². The molecule has 23 heavy (non-hydrogen) atoms. The third-order valence-corrected chi connectivity index (χ3v) is 6.42. The van der Waals surface area contributed by atoms with E-state index in [4.69, 9.17) is 11.6 Å². The number of benzene rings is 1. The molecule has 2 aliphatic rings. The minimum atomic E-state index is -0.265. The molecule has 3 rings (SSSR count). The smallest absolute Gasteiger partial charge is 0.142 e. The fourth-order valence-corrected chi connectivity index (χ4v) is 4.93. The molecule has 4 atom stereocenters. The Morgan fingerprint density at radius 3 is 2.70 bits per heavy atom. The minimum Gasteiger partial charge on any atom is -0.205 e. The van der Waals surface area contributed by atoms with E-state index in [1.54, 1.807) is 12.1 Å². The third-order valence-electron chi connectivity index (χ3n) is 6.11. The van der Waals surface area contributed by atoms with Crippen molar-refractivity contribution >= 4 is 11.6 Å². The maximum atomic E-state index is 13.7. The topological polar surface area (TPSA) is 0 Å². The molecule has 0 nitrogen and oxygen atoms in total. The van der Waals surface area contributed by atoms with Crippen molar-refractivity contribution in [1.82, 2.24) is 0 Å². The summed E-state index contributed by atoms with van der Waals surface area (Å²) in [5, 5.41) is 0.240. The van der Waals surface area contributed by atoms with Crippen LogP contribution in [0.25, 0.3) is 0 Å². The van der Waals surface area contributed by atoms with Gasteiger partial charge in [-0.3, -0.25) is 0 Å². The largest absolute Gasteiger partial charge is 0.205 e. The van der Waals surface area contributed by atoms with Crippen LogP contribution in [-0.2, 0) is 0 Å². The van der Waals surface area contributed by atoms with Crippen molar-refractivity contribution in [2.45, 2.75) is 64.2 Å². The van der Waals surface area contributed by atoms with Gasteiger partial charge in [0.15, 0.2) is 0 Å².